The maximum Gasteiger partial charge on any atom is 0.248 e. The summed E-state index contributed by atoms with van der Waals surface area (Å²) in [6.45, 7) is 1.04. The van der Waals surface area contributed by atoms with E-state index < -0.39 is 10.0 Å². The number of carbonyl (C=O) groups is 1. The molecule has 3 heterocycles. The number of thioether (sulfide) groups is 1. The van der Waals surface area contributed by atoms with Crippen molar-refractivity contribution in [1.29, 1.82) is 0 Å². The molecule has 0 bridgehead atoms. The predicted octanol–water partition coefficient (Wildman–Crippen LogP) is 0.435. The van der Waals surface area contributed by atoms with Crippen molar-refractivity contribution in [2.75, 3.05) is 39.5 Å². The van der Waals surface area contributed by atoms with Crippen LogP contribution < -0.4 is 0 Å². The standard InChI is InChI=1S/C15H21N3O4S2/c1-17(2)14(19)8-22-12-6-15(23-9-12)10-18(11-15)24(20,21)13-4-3-5-16-7-13/h3-5,7,12H,6,8-11H2,1-2H3. The van der Waals surface area contributed by atoms with Gasteiger partial charge < -0.3 is 9.64 Å². The molecule has 9 heteroatoms. The van der Waals surface area contributed by atoms with E-state index in [-0.39, 0.29) is 28.3 Å². The monoisotopic (exact) mass is 371 g/mol. The first-order valence-corrected chi connectivity index (χ1v) is 10.1. The van der Waals surface area contributed by atoms with Crippen LogP contribution in [0.15, 0.2) is 29.4 Å². The molecule has 1 atom stereocenters. The van der Waals surface area contributed by atoms with E-state index in [0.29, 0.717) is 13.1 Å². The highest BCUT2D eigenvalue weighted by atomic mass is 32.2. The van der Waals surface area contributed by atoms with Crippen molar-refractivity contribution in [3.05, 3.63) is 24.5 Å². The maximum absolute atomic E-state index is 12.5. The first-order valence-electron chi connectivity index (χ1n) is 7.68. The molecule has 3 rings (SSSR count). The molecule has 1 unspecified atom stereocenters. The van der Waals surface area contributed by atoms with E-state index in [9.17, 15) is 13.2 Å². The molecule has 1 amide bonds. The number of nitrogens with zero attached hydrogens (tertiary/aromatic N) is 3. The van der Waals surface area contributed by atoms with Crippen LogP contribution in [0.25, 0.3) is 0 Å². The zero-order valence-electron chi connectivity index (χ0n) is 13.7. The molecule has 2 aliphatic heterocycles. The van der Waals surface area contributed by atoms with Gasteiger partial charge in [0.2, 0.25) is 15.9 Å². The summed E-state index contributed by atoms with van der Waals surface area (Å²) in [6, 6.07) is 3.19. The lowest BCUT2D eigenvalue weighted by atomic mass is 9.95. The van der Waals surface area contributed by atoms with Crippen molar-refractivity contribution < 1.29 is 17.9 Å². The molecule has 2 aliphatic rings. The van der Waals surface area contributed by atoms with Crippen molar-refractivity contribution in [2.24, 2.45) is 0 Å². The third-order valence-electron chi connectivity index (χ3n) is 4.32. The second-order valence-corrected chi connectivity index (χ2v) is 9.81. The molecule has 7 nitrogen and oxygen atoms in total. The fourth-order valence-electron chi connectivity index (χ4n) is 2.86. The Bertz CT molecular complexity index is 703. The molecule has 1 aromatic rings. The minimum absolute atomic E-state index is 0.00199. The summed E-state index contributed by atoms with van der Waals surface area (Å²) in [7, 11) is -0.0680. The Hall–Kier alpha value is -1.16. The van der Waals surface area contributed by atoms with Gasteiger partial charge in [-0.1, -0.05) is 0 Å². The molecule has 0 N–H and O–H groups in total. The summed E-state index contributed by atoms with van der Waals surface area (Å²) < 4.78 is 32.1. The summed E-state index contributed by atoms with van der Waals surface area (Å²) in [5.41, 5.74) is 0. The van der Waals surface area contributed by atoms with Crippen molar-refractivity contribution in [1.82, 2.24) is 14.2 Å². The largest absolute Gasteiger partial charge is 0.367 e. The Balaban J connectivity index is 1.54. The molecular weight excluding hydrogens is 350 g/mol. The van der Waals surface area contributed by atoms with Crippen LogP contribution >= 0.6 is 11.8 Å². The summed E-state index contributed by atoms with van der Waals surface area (Å²) >= 11 is 1.74. The second kappa shape index (κ2) is 6.62. The van der Waals surface area contributed by atoms with Crippen LogP contribution in [0.3, 0.4) is 0 Å². The number of sulfonamides is 1. The second-order valence-electron chi connectivity index (χ2n) is 6.38. The van der Waals surface area contributed by atoms with Gasteiger partial charge in [0.05, 0.1) is 6.10 Å². The SMILES string of the molecule is CN(C)C(=O)COC1CSC2(C1)CN(S(=O)(=O)c1cccnc1)C2. The predicted molar refractivity (Wildman–Crippen MR) is 91.2 cm³/mol. The number of rotatable bonds is 5. The highest BCUT2D eigenvalue weighted by Crippen LogP contribution is 2.47. The minimum atomic E-state index is -3.46. The molecule has 0 saturated carbocycles. The van der Waals surface area contributed by atoms with Crippen LogP contribution in [-0.2, 0) is 19.6 Å². The van der Waals surface area contributed by atoms with E-state index in [1.54, 1.807) is 44.2 Å². The number of pyridine rings is 1. The molecule has 0 aliphatic carbocycles. The van der Waals surface area contributed by atoms with Crippen LogP contribution in [-0.4, -0.2) is 78.9 Å². The average molecular weight is 371 g/mol. The smallest absolute Gasteiger partial charge is 0.248 e. The van der Waals surface area contributed by atoms with E-state index in [2.05, 4.69) is 4.98 Å². The zero-order chi connectivity index (χ0) is 17.4. The third-order valence-corrected chi connectivity index (χ3v) is 7.67. The Morgan fingerprint density at radius 3 is 2.88 bits per heavy atom. The molecule has 2 saturated heterocycles. The summed E-state index contributed by atoms with van der Waals surface area (Å²) in [5, 5.41) is 0. The van der Waals surface area contributed by atoms with E-state index in [1.165, 1.54) is 15.4 Å². The highest BCUT2D eigenvalue weighted by Gasteiger charge is 2.53. The van der Waals surface area contributed by atoms with Gasteiger partial charge in [-0.3, -0.25) is 9.78 Å². The normalized spacial score (nSPS) is 23.2. The number of amides is 1. The van der Waals surface area contributed by atoms with Gasteiger partial charge in [-0.05, 0) is 18.6 Å². The first kappa shape index (κ1) is 17.7. The summed E-state index contributed by atoms with van der Waals surface area (Å²) in [4.78, 5) is 17.2. The van der Waals surface area contributed by atoms with Crippen molar-refractivity contribution >= 4 is 27.7 Å². The zero-order valence-corrected chi connectivity index (χ0v) is 15.3. The van der Waals surface area contributed by atoms with Gasteiger partial charge >= 0.3 is 0 Å². The number of likely N-dealkylation sites (N-methyl/N-ethyl adjacent to an activating group) is 1. The highest BCUT2D eigenvalue weighted by molar-refractivity contribution is 8.01. The number of hydrogen-bond acceptors (Lipinski definition) is 6. The van der Waals surface area contributed by atoms with Crippen LogP contribution in [0.1, 0.15) is 6.42 Å². The average Bonchev–Trinajstić information content (AvgIpc) is 2.96. The van der Waals surface area contributed by atoms with Gasteiger partial charge in [0.15, 0.2) is 0 Å². The molecule has 1 aromatic heterocycles. The van der Waals surface area contributed by atoms with Crippen LogP contribution in [0.2, 0.25) is 0 Å². The maximum atomic E-state index is 12.5. The van der Waals surface area contributed by atoms with Gasteiger partial charge in [-0.2, -0.15) is 4.31 Å². The summed E-state index contributed by atoms with van der Waals surface area (Å²) in [6.07, 6.45) is 3.71. The van der Waals surface area contributed by atoms with Gasteiger partial charge in [-0.25, -0.2) is 8.42 Å². The summed E-state index contributed by atoms with van der Waals surface area (Å²) in [5.74, 6) is 0.733. The van der Waals surface area contributed by atoms with Crippen molar-refractivity contribution in [3.8, 4) is 0 Å². The fourth-order valence-corrected chi connectivity index (χ4v) is 6.16. The molecule has 1 spiro atoms. The lowest BCUT2D eigenvalue weighted by Gasteiger charge is -2.46. The van der Waals surface area contributed by atoms with Gasteiger partial charge in [-0.15, -0.1) is 11.8 Å². The van der Waals surface area contributed by atoms with E-state index in [0.717, 1.165) is 12.2 Å². The lowest BCUT2D eigenvalue weighted by Crippen LogP contribution is -2.60. The van der Waals surface area contributed by atoms with E-state index in [1.807, 2.05) is 0 Å². The minimum Gasteiger partial charge on any atom is -0.367 e. The number of aromatic nitrogens is 1. The molecular formula is C15H21N3O4S2. The Kier molecular flexibility index (Phi) is 4.87. The van der Waals surface area contributed by atoms with Crippen LogP contribution in [0.4, 0.5) is 0 Å². The number of hydrogen-bond donors (Lipinski definition) is 0. The van der Waals surface area contributed by atoms with Crippen molar-refractivity contribution in [2.45, 2.75) is 22.2 Å². The molecule has 0 aromatic carbocycles. The number of ether oxygens (including phenoxy) is 1. The first-order chi connectivity index (χ1) is 11.3. The van der Waals surface area contributed by atoms with Gasteiger partial charge in [0.25, 0.3) is 0 Å². The number of carbonyl (C=O) groups excluding carboxylic acids is 1. The lowest BCUT2D eigenvalue weighted by molar-refractivity contribution is -0.135. The van der Waals surface area contributed by atoms with E-state index >= 15 is 0 Å². The molecule has 0 radical (unpaired) electrons. The van der Waals surface area contributed by atoms with E-state index in [4.69, 9.17) is 4.74 Å². The van der Waals surface area contributed by atoms with Crippen molar-refractivity contribution in [3.63, 3.8) is 0 Å². The van der Waals surface area contributed by atoms with Crippen LogP contribution in [0, 0.1) is 0 Å². The quantitative estimate of drug-likeness (QED) is 0.747. The Morgan fingerprint density at radius 2 is 2.25 bits per heavy atom. The molecule has 2 fully saturated rings. The van der Waals surface area contributed by atoms with Gasteiger partial charge in [0.1, 0.15) is 11.5 Å². The van der Waals surface area contributed by atoms with Gasteiger partial charge in [0, 0.05) is 50.1 Å². The Labute approximate surface area is 146 Å². The Morgan fingerprint density at radius 1 is 1.50 bits per heavy atom. The third kappa shape index (κ3) is 3.44. The van der Waals surface area contributed by atoms with Crippen LogP contribution in [0.5, 0.6) is 0 Å². The molecule has 132 valence electrons. The fraction of sp³-hybridized carbons (Fsp3) is 0.600. The topological polar surface area (TPSA) is 79.8 Å². The molecule has 24 heavy (non-hydrogen) atoms.